The zero-order chi connectivity index (χ0) is 17.8. The third kappa shape index (κ3) is 4.82. The minimum atomic E-state index is -0.445. The fourth-order valence-corrected chi connectivity index (χ4v) is 3.36. The second-order valence-electron chi connectivity index (χ2n) is 7.11. The number of likely N-dealkylation sites (tertiary alicyclic amines) is 1. The van der Waals surface area contributed by atoms with Crippen molar-refractivity contribution < 1.29 is 0 Å². The molecule has 6 heteroatoms. The molecule has 1 saturated heterocycles. The lowest BCUT2D eigenvalue weighted by molar-refractivity contribution is 0.206. The van der Waals surface area contributed by atoms with Gasteiger partial charge in [0, 0.05) is 36.6 Å². The van der Waals surface area contributed by atoms with Crippen LogP contribution in [0.25, 0.3) is 0 Å². The van der Waals surface area contributed by atoms with E-state index in [4.69, 9.17) is 0 Å². The molecule has 3 rings (SSSR count). The first kappa shape index (κ1) is 17.5. The lowest BCUT2D eigenvalue weighted by Crippen LogP contribution is -2.42. The second-order valence-corrected chi connectivity index (χ2v) is 7.11. The average Bonchev–Trinajstić information content (AvgIpc) is 2.54. The summed E-state index contributed by atoms with van der Waals surface area (Å²) < 4.78 is 0. The minimum Gasteiger partial charge on any atom is -0.381 e. The average molecular weight is 342 g/mol. The van der Waals surface area contributed by atoms with Crippen LogP contribution in [-0.4, -0.2) is 34.0 Å². The van der Waals surface area contributed by atoms with Gasteiger partial charge in [-0.1, -0.05) is 26.0 Å². The molecule has 1 aromatic heterocycles. The predicted molar refractivity (Wildman–Crippen MR) is 100 cm³/mol. The van der Waals surface area contributed by atoms with Crippen molar-refractivity contribution in [3.05, 3.63) is 62.4 Å². The first-order chi connectivity index (χ1) is 12.0. The van der Waals surface area contributed by atoms with Crippen molar-refractivity contribution in [2.75, 3.05) is 18.4 Å². The molecule has 0 radical (unpaired) electrons. The summed E-state index contributed by atoms with van der Waals surface area (Å²) in [5, 5.41) is 3.60. The maximum atomic E-state index is 11.4. The number of nitrogens with one attached hydrogen (secondary N) is 3. The molecule has 6 nitrogen and oxygen atoms in total. The topological polar surface area (TPSA) is 81.0 Å². The Hall–Kier alpha value is -2.34. The van der Waals surface area contributed by atoms with Gasteiger partial charge in [-0.25, -0.2) is 4.79 Å². The summed E-state index contributed by atoms with van der Waals surface area (Å²) in [7, 11) is 0. The van der Waals surface area contributed by atoms with Gasteiger partial charge in [0.05, 0.1) is 0 Å². The highest BCUT2D eigenvalue weighted by Gasteiger charge is 2.20. The summed E-state index contributed by atoms with van der Waals surface area (Å²) >= 11 is 0. The highest BCUT2D eigenvalue weighted by Crippen LogP contribution is 2.20. The highest BCUT2D eigenvalue weighted by molar-refractivity contribution is 5.46. The highest BCUT2D eigenvalue weighted by atomic mass is 16.2. The van der Waals surface area contributed by atoms with E-state index in [0.717, 1.165) is 31.6 Å². The number of piperidine rings is 1. The predicted octanol–water partition coefficient (Wildman–Crippen LogP) is 2.26. The number of benzene rings is 1. The van der Waals surface area contributed by atoms with Gasteiger partial charge in [0.2, 0.25) is 0 Å². The molecule has 0 spiro atoms. The Morgan fingerprint density at radius 2 is 1.96 bits per heavy atom. The minimum absolute atomic E-state index is 0.351. The zero-order valence-electron chi connectivity index (χ0n) is 14.8. The maximum absolute atomic E-state index is 11.4. The molecular weight excluding hydrogens is 316 g/mol. The lowest BCUT2D eigenvalue weighted by Gasteiger charge is -2.33. The van der Waals surface area contributed by atoms with Crippen molar-refractivity contribution in [1.29, 1.82) is 0 Å². The van der Waals surface area contributed by atoms with Gasteiger partial charge in [-0.2, -0.15) is 0 Å². The lowest BCUT2D eigenvalue weighted by atomic mass is 10.0. The molecule has 2 heterocycles. The number of hydrogen-bond acceptors (Lipinski definition) is 4. The van der Waals surface area contributed by atoms with Crippen LogP contribution in [0.15, 0.2) is 39.9 Å². The summed E-state index contributed by atoms with van der Waals surface area (Å²) in [5.74, 6) is 0.537. The Bertz CT molecular complexity index is 779. The molecule has 2 aromatic rings. The van der Waals surface area contributed by atoms with E-state index in [0.29, 0.717) is 24.2 Å². The number of aromatic amines is 2. The molecule has 1 atom stereocenters. The van der Waals surface area contributed by atoms with Gasteiger partial charge < -0.3 is 10.3 Å². The normalized spacial score (nSPS) is 18.4. The molecule has 0 aliphatic carbocycles. The van der Waals surface area contributed by atoms with Gasteiger partial charge in [0.1, 0.15) is 0 Å². The Morgan fingerprint density at radius 3 is 2.64 bits per heavy atom. The van der Waals surface area contributed by atoms with Crippen LogP contribution in [0.3, 0.4) is 0 Å². The largest absolute Gasteiger partial charge is 0.381 e. The van der Waals surface area contributed by atoms with Crippen LogP contribution < -0.4 is 16.6 Å². The summed E-state index contributed by atoms with van der Waals surface area (Å²) in [4.78, 5) is 30.0. The van der Waals surface area contributed by atoms with Crippen LogP contribution in [-0.2, 0) is 6.54 Å². The number of rotatable bonds is 5. The fraction of sp³-hybridized carbons (Fsp3) is 0.474. The van der Waals surface area contributed by atoms with Gasteiger partial charge in [-0.05, 0) is 43.0 Å². The van der Waals surface area contributed by atoms with E-state index in [1.807, 2.05) is 0 Å². The van der Waals surface area contributed by atoms with Gasteiger partial charge in [-0.15, -0.1) is 0 Å². The molecular formula is C19H26N4O2. The van der Waals surface area contributed by atoms with Crippen LogP contribution >= 0.6 is 0 Å². The van der Waals surface area contributed by atoms with Gasteiger partial charge in [-0.3, -0.25) is 14.7 Å². The molecule has 0 bridgehead atoms. The number of aromatic nitrogens is 2. The van der Waals surface area contributed by atoms with E-state index in [9.17, 15) is 9.59 Å². The molecule has 134 valence electrons. The van der Waals surface area contributed by atoms with E-state index in [1.54, 1.807) is 0 Å². The Balaban J connectivity index is 1.60. The molecule has 0 amide bonds. The van der Waals surface area contributed by atoms with E-state index in [1.165, 1.54) is 11.6 Å². The summed E-state index contributed by atoms with van der Waals surface area (Å²) in [6.07, 6.45) is 2.21. The number of nitrogens with zero attached hydrogens (tertiary/aromatic N) is 1. The Labute approximate surface area is 147 Å². The SMILES string of the molecule is CC(C)c1ccc(N[C@@H]2CCCN(Cc3cc(=O)[nH]c(=O)[nH]3)C2)cc1. The van der Waals surface area contributed by atoms with E-state index in [-0.39, 0.29) is 5.56 Å². The zero-order valence-corrected chi connectivity index (χ0v) is 14.8. The van der Waals surface area contributed by atoms with Crippen molar-refractivity contribution in [2.24, 2.45) is 0 Å². The Morgan fingerprint density at radius 1 is 1.20 bits per heavy atom. The number of H-pyrrole nitrogens is 2. The van der Waals surface area contributed by atoms with Crippen LogP contribution in [0.4, 0.5) is 5.69 Å². The van der Waals surface area contributed by atoms with Crippen LogP contribution in [0.2, 0.25) is 0 Å². The molecule has 1 aromatic carbocycles. The van der Waals surface area contributed by atoms with Crippen LogP contribution in [0.5, 0.6) is 0 Å². The van der Waals surface area contributed by atoms with Gasteiger partial charge in [0.15, 0.2) is 0 Å². The molecule has 1 fully saturated rings. The van der Waals surface area contributed by atoms with E-state index < -0.39 is 5.69 Å². The molecule has 1 aliphatic heterocycles. The fourth-order valence-electron chi connectivity index (χ4n) is 3.36. The first-order valence-corrected chi connectivity index (χ1v) is 8.91. The number of hydrogen-bond donors (Lipinski definition) is 3. The van der Waals surface area contributed by atoms with Gasteiger partial charge in [0.25, 0.3) is 5.56 Å². The van der Waals surface area contributed by atoms with Crippen molar-refractivity contribution in [2.45, 2.75) is 45.2 Å². The van der Waals surface area contributed by atoms with Gasteiger partial charge >= 0.3 is 5.69 Å². The Kier molecular flexibility index (Phi) is 5.38. The molecule has 0 saturated carbocycles. The molecule has 1 aliphatic rings. The third-order valence-electron chi connectivity index (χ3n) is 4.66. The van der Waals surface area contributed by atoms with Crippen molar-refractivity contribution in [3.63, 3.8) is 0 Å². The van der Waals surface area contributed by atoms with Crippen molar-refractivity contribution in [1.82, 2.24) is 14.9 Å². The van der Waals surface area contributed by atoms with Crippen molar-refractivity contribution in [3.8, 4) is 0 Å². The third-order valence-corrected chi connectivity index (χ3v) is 4.66. The summed E-state index contributed by atoms with van der Waals surface area (Å²) in [6.45, 7) is 6.84. The van der Waals surface area contributed by atoms with Crippen molar-refractivity contribution >= 4 is 5.69 Å². The number of anilines is 1. The summed E-state index contributed by atoms with van der Waals surface area (Å²) in [6, 6.07) is 10.5. The summed E-state index contributed by atoms with van der Waals surface area (Å²) in [5.41, 5.74) is 2.35. The first-order valence-electron chi connectivity index (χ1n) is 8.91. The standard InChI is InChI=1S/C19H26N4O2/c1-13(2)14-5-7-15(8-6-14)20-16-4-3-9-23(11-16)12-17-10-18(24)22-19(25)21-17/h5-8,10,13,16,20H,3-4,9,11-12H2,1-2H3,(H2,21,22,24,25)/t16-/m1/s1. The quantitative estimate of drug-likeness (QED) is 0.778. The van der Waals surface area contributed by atoms with Crippen LogP contribution in [0.1, 0.15) is 43.9 Å². The van der Waals surface area contributed by atoms with E-state index >= 15 is 0 Å². The maximum Gasteiger partial charge on any atom is 0.325 e. The second kappa shape index (κ2) is 7.70. The smallest absolute Gasteiger partial charge is 0.325 e. The van der Waals surface area contributed by atoms with E-state index in [2.05, 4.69) is 58.3 Å². The molecule has 25 heavy (non-hydrogen) atoms. The molecule has 0 unspecified atom stereocenters. The molecule has 3 N–H and O–H groups in total. The van der Waals surface area contributed by atoms with Crippen LogP contribution in [0, 0.1) is 0 Å². The monoisotopic (exact) mass is 342 g/mol.